The van der Waals surface area contributed by atoms with Gasteiger partial charge in [0.2, 0.25) is 0 Å². The van der Waals surface area contributed by atoms with Crippen LogP contribution < -0.4 is 16.8 Å². The van der Waals surface area contributed by atoms with Crippen LogP contribution in [0.1, 0.15) is 78.1 Å². The summed E-state index contributed by atoms with van der Waals surface area (Å²) in [6.07, 6.45) is 12.5. The predicted molar refractivity (Wildman–Crippen MR) is 81.5 cm³/mol. The van der Waals surface area contributed by atoms with Crippen LogP contribution >= 0.6 is 0 Å². The van der Waals surface area contributed by atoms with Gasteiger partial charge in [-0.25, -0.2) is 0 Å². The first-order valence-corrected chi connectivity index (χ1v) is 7.91. The lowest BCUT2D eigenvalue weighted by molar-refractivity contribution is 0.364. The van der Waals surface area contributed by atoms with Gasteiger partial charge in [-0.1, -0.05) is 65.2 Å². The third-order valence-electron chi connectivity index (χ3n) is 3.41. The van der Waals surface area contributed by atoms with Crippen LogP contribution in [0.25, 0.3) is 0 Å². The maximum atomic E-state index is 6.05. The zero-order valence-corrected chi connectivity index (χ0v) is 12.6. The molecule has 0 radical (unpaired) electrons. The molecule has 0 saturated heterocycles. The predicted octanol–water partition coefficient (Wildman–Crippen LogP) is 3.13. The molecular weight excluding hydrogens is 222 g/mol. The maximum Gasteiger partial charge on any atom is 0.0764 e. The Kier molecular flexibility index (Phi) is 11.9. The van der Waals surface area contributed by atoms with Crippen molar-refractivity contribution in [2.24, 2.45) is 11.5 Å². The molecule has 0 aliphatic rings. The van der Waals surface area contributed by atoms with Gasteiger partial charge in [-0.2, -0.15) is 0 Å². The van der Waals surface area contributed by atoms with Gasteiger partial charge in [-0.05, 0) is 19.4 Å². The molecule has 0 aromatic heterocycles. The number of nitrogens with one attached hydrogen (secondary N) is 1. The zero-order chi connectivity index (χ0) is 13.7. The highest BCUT2D eigenvalue weighted by molar-refractivity contribution is 4.79. The standard InChI is InChI=1S/C15H35N3/c1-3-5-7-8-9-11-13-18-14-15(16,17)12-10-6-4-2/h18H,3-14,16-17H2,1-2H3. The van der Waals surface area contributed by atoms with Gasteiger partial charge < -0.3 is 16.8 Å². The van der Waals surface area contributed by atoms with Gasteiger partial charge in [0.25, 0.3) is 0 Å². The summed E-state index contributed by atoms with van der Waals surface area (Å²) in [6.45, 7) is 6.25. The van der Waals surface area contributed by atoms with Crippen LogP contribution in [-0.2, 0) is 0 Å². The van der Waals surface area contributed by atoms with E-state index >= 15 is 0 Å². The van der Waals surface area contributed by atoms with Crippen molar-refractivity contribution in [2.75, 3.05) is 13.1 Å². The molecule has 0 aromatic rings. The molecule has 0 heterocycles. The summed E-state index contributed by atoms with van der Waals surface area (Å²) in [5, 5.41) is 3.39. The maximum absolute atomic E-state index is 6.05. The second kappa shape index (κ2) is 11.9. The van der Waals surface area contributed by atoms with Crippen molar-refractivity contribution in [3.05, 3.63) is 0 Å². The third-order valence-corrected chi connectivity index (χ3v) is 3.41. The highest BCUT2D eigenvalue weighted by Crippen LogP contribution is 2.07. The monoisotopic (exact) mass is 257 g/mol. The number of unbranched alkanes of at least 4 members (excludes halogenated alkanes) is 7. The number of hydrogen-bond acceptors (Lipinski definition) is 3. The van der Waals surface area contributed by atoms with Crippen LogP contribution in [0.15, 0.2) is 0 Å². The Labute approximate surface area is 114 Å². The molecule has 0 bridgehead atoms. The number of hydrogen-bond donors (Lipinski definition) is 3. The molecule has 0 spiro atoms. The van der Waals surface area contributed by atoms with E-state index in [4.69, 9.17) is 11.5 Å². The highest BCUT2D eigenvalue weighted by Gasteiger charge is 2.17. The fourth-order valence-electron chi connectivity index (χ4n) is 2.14. The van der Waals surface area contributed by atoms with Crippen molar-refractivity contribution in [1.82, 2.24) is 5.32 Å². The smallest absolute Gasteiger partial charge is 0.0764 e. The Bertz CT molecular complexity index is 169. The average Bonchev–Trinajstić information content (AvgIpc) is 2.33. The molecule has 0 aromatic carbocycles. The van der Waals surface area contributed by atoms with Gasteiger partial charge in [0.05, 0.1) is 5.66 Å². The summed E-state index contributed by atoms with van der Waals surface area (Å²) in [7, 11) is 0. The van der Waals surface area contributed by atoms with E-state index in [0.29, 0.717) is 0 Å². The topological polar surface area (TPSA) is 64.1 Å². The summed E-state index contributed by atoms with van der Waals surface area (Å²) >= 11 is 0. The summed E-state index contributed by atoms with van der Waals surface area (Å²) < 4.78 is 0. The van der Waals surface area contributed by atoms with E-state index in [1.165, 1.54) is 51.4 Å². The Morgan fingerprint density at radius 3 is 2.00 bits per heavy atom. The van der Waals surface area contributed by atoms with E-state index in [2.05, 4.69) is 19.2 Å². The molecule has 0 saturated carbocycles. The molecule has 0 aliphatic carbocycles. The first kappa shape index (κ1) is 17.9. The first-order chi connectivity index (χ1) is 8.62. The van der Waals surface area contributed by atoms with Gasteiger partial charge in [-0.15, -0.1) is 0 Å². The van der Waals surface area contributed by atoms with Crippen LogP contribution in [0.2, 0.25) is 0 Å². The Morgan fingerprint density at radius 1 is 0.778 bits per heavy atom. The fourth-order valence-corrected chi connectivity index (χ4v) is 2.14. The van der Waals surface area contributed by atoms with Crippen molar-refractivity contribution in [2.45, 2.75) is 83.7 Å². The number of rotatable bonds is 13. The molecular formula is C15H35N3. The van der Waals surface area contributed by atoms with E-state index in [1.807, 2.05) is 0 Å². The Hall–Kier alpha value is -0.120. The van der Waals surface area contributed by atoms with E-state index in [9.17, 15) is 0 Å². The minimum absolute atomic E-state index is 0.516. The molecule has 110 valence electrons. The van der Waals surface area contributed by atoms with Crippen LogP contribution in [0.3, 0.4) is 0 Å². The second-order valence-corrected chi connectivity index (χ2v) is 5.63. The van der Waals surface area contributed by atoms with Gasteiger partial charge in [0.15, 0.2) is 0 Å². The number of nitrogens with two attached hydrogens (primary N) is 2. The van der Waals surface area contributed by atoms with Gasteiger partial charge >= 0.3 is 0 Å². The summed E-state index contributed by atoms with van der Waals surface area (Å²) in [5.41, 5.74) is 11.6. The summed E-state index contributed by atoms with van der Waals surface area (Å²) in [4.78, 5) is 0. The lowest BCUT2D eigenvalue weighted by Crippen LogP contribution is -2.56. The molecule has 0 rings (SSSR count). The average molecular weight is 257 g/mol. The van der Waals surface area contributed by atoms with Crippen molar-refractivity contribution < 1.29 is 0 Å². The lowest BCUT2D eigenvalue weighted by Gasteiger charge is -2.25. The van der Waals surface area contributed by atoms with Gasteiger partial charge in [-0.3, -0.25) is 0 Å². The van der Waals surface area contributed by atoms with Crippen molar-refractivity contribution in [1.29, 1.82) is 0 Å². The Morgan fingerprint density at radius 2 is 1.33 bits per heavy atom. The molecule has 0 fully saturated rings. The zero-order valence-electron chi connectivity index (χ0n) is 12.6. The van der Waals surface area contributed by atoms with Crippen molar-refractivity contribution in [3.8, 4) is 0 Å². The quantitative estimate of drug-likeness (QED) is 0.351. The lowest BCUT2D eigenvalue weighted by atomic mass is 10.0. The first-order valence-electron chi connectivity index (χ1n) is 7.91. The SMILES string of the molecule is CCCCCCCCNCC(N)(N)CCCCC. The Balaban J connectivity index is 3.30. The fraction of sp³-hybridized carbons (Fsp3) is 1.00. The van der Waals surface area contributed by atoms with Gasteiger partial charge in [0.1, 0.15) is 0 Å². The normalized spacial score (nSPS) is 12.0. The molecule has 0 unspecified atom stereocenters. The molecule has 0 amide bonds. The van der Waals surface area contributed by atoms with Crippen molar-refractivity contribution >= 4 is 0 Å². The molecule has 0 atom stereocenters. The minimum Gasteiger partial charge on any atom is -0.314 e. The summed E-state index contributed by atoms with van der Waals surface area (Å²) in [5.74, 6) is 0. The molecule has 3 heteroatoms. The minimum atomic E-state index is -0.516. The molecule has 18 heavy (non-hydrogen) atoms. The van der Waals surface area contributed by atoms with Crippen molar-refractivity contribution in [3.63, 3.8) is 0 Å². The van der Waals surface area contributed by atoms with Crippen LogP contribution in [0.4, 0.5) is 0 Å². The van der Waals surface area contributed by atoms with Crippen LogP contribution in [0.5, 0.6) is 0 Å². The van der Waals surface area contributed by atoms with Crippen LogP contribution in [-0.4, -0.2) is 18.8 Å². The van der Waals surface area contributed by atoms with Gasteiger partial charge in [0, 0.05) is 6.54 Å². The third kappa shape index (κ3) is 12.3. The van der Waals surface area contributed by atoms with Crippen LogP contribution in [0, 0.1) is 0 Å². The van der Waals surface area contributed by atoms with E-state index < -0.39 is 5.66 Å². The summed E-state index contributed by atoms with van der Waals surface area (Å²) in [6, 6.07) is 0. The van der Waals surface area contributed by atoms with E-state index in [-0.39, 0.29) is 0 Å². The molecule has 3 nitrogen and oxygen atoms in total. The highest BCUT2D eigenvalue weighted by atomic mass is 15.0. The van der Waals surface area contributed by atoms with E-state index in [1.54, 1.807) is 0 Å². The molecule has 0 aliphatic heterocycles. The molecule has 5 N–H and O–H groups in total. The largest absolute Gasteiger partial charge is 0.314 e. The van der Waals surface area contributed by atoms with E-state index in [0.717, 1.165) is 25.9 Å². The second-order valence-electron chi connectivity index (χ2n) is 5.63.